The van der Waals surface area contributed by atoms with Crippen LogP contribution in [0.4, 0.5) is 0 Å². The molecular weight excluding hydrogens is 367 g/mol. The molecule has 0 atom stereocenters. The number of nitrogens with one attached hydrogen (secondary N) is 2. The zero-order chi connectivity index (χ0) is 11.7. The summed E-state index contributed by atoms with van der Waals surface area (Å²) in [4.78, 5) is 0. The maximum Gasteiger partial charge on any atom is 0.00127 e. The van der Waals surface area contributed by atoms with E-state index in [9.17, 15) is 0 Å². The molecule has 0 rings (SSSR count). The summed E-state index contributed by atoms with van der Waals surface area (Å²) in [5, 5.41) is 6.61. The first-order chi connectivity index (χ1) is 6.25. The van der Waals surface area contributed by atoms with Crippen molar-refractivity contribution >= 4 is 0 Å². The van der Waals surface area contributed by atoms with Gasteiger partial charge in [-0.1, -0.05) is 55.4 Å². The Labute approximate surface area is 111 Å². The molecule has 0 aromatic heterocycles. The number of hydrogen-bond acceptors (Lipinski definition) is 2. The summed E-state index contributed by atoms with van der Waals surface area (Å²) in [5.41, 5.74) is 0. The summed E-state index contributed by atoms with van der Waals surface area (Å²) >= 11 is 0. The smallest absolute Gasteiger partial charge is 0.00127 e. The fourth-order valence-electron chi connectivity index (χ4n) is 1.33. The van der Waals surface area contributed by atoms with Gasteiger partial charge < -0.3 is 10.6 Å². The van der Waals surface area contributed by atoms with E-state index in [1.807, 2.05) is 0 Å². The molecule has 3 heteroatoms. The summed E-state index contributed by atoms with van der Waals surface area (Å²) in [5.74, 6) is 0. The standard InChI is InChI=1S/2C6H15N.Pt/c2*1-5(2)7-6(3)4;/h2*5-7H,1-4H3;. The Hall–Kier alpha value is 0.608. The average molecular weight is 397 g/mol. The quantitative estimate of drug-likeness (QED) is 0.762. The van der Waals surface area contributed by atoms with E-state index in [2.05, 4.69) is 66.0 Å². The van der Waals surface area contributed by atoms with Gasteiger partial charge in [0.1, 0.15) is 0 Å². The molecule has 15 heavy (non-hydrogen) atoms. The minimum Gasteiger partial charge on any atom is -0.312 e. The average Bonchev–Trinajstić information content (AvgIpc) is 1.79. The van der Waals surface area contributed by atoms with Crippen LogP contribution in [-0.4, -0.2) is 24.2 Å². The Bertz CT molecular complexity index is 86.2. The summed E-state index contributed by atoms with van der Waals surface area (Å²) in [7, 11) is 0. The van der Waals surface area contributed by atoms with E-state index >= 15 is 0 Å². The van der Waals surface area contributed by atoms with E-state index < -0.39 is 0 Å². The molecule has 0 bridgehead atoms. The van der Waals surface area contributed by atoms with Crippen LogP contribution in [0.3, 0.4) is 0 Å². The molecule has 0 aromatic carbocycles. The minimum atomic E-state index is 0. The van der Waals surface area contributed by atoms with Gasteiger partial charge in [-0.3, -0.25) is 0 Å². The summed E-state index contributed by atoms with van der Waals surface area (Å²) in [6.07, 6.45) is 0. The zero-order valence-corrected chi connectivity index (χ0v) is 13.9. The van der Waals surface area contributed by atoms with Gasteiger partial charge in [0.2, 0.25) is 0 Å². The number of rotatable bonds is 4. The van der Waals surface area contributed by atoms with Gasteiger partial charge in [-0.25, -0.2) is 0 Å². The summed E-state index contributed by atoms with van der Waals surface area (Å²) in [6, 6.07) is 2.50. The minimum absolute atomic E-state index is 0. The molecule has 0 fully saturated rings. The van der Waals surface area contributed by atoms with Crippen molar-refractivity contribution in [2.45, 2.75) is 79.6 Å². The molecule has 2 N–H and O–H groups in total. The van der Waals surface area contributed by atoms with Crippen LogP contribution in [0.25, 0.3) is 0 Å². The monoisotopic (exact) mass is 397 g/mol. The first kappa shape index (κ1) is 21.0. The van der Waals surface area contributed by atoms with Crippen molar-refractivity contribution < 1.29 is 21.1 Å². The van der Waals surface area contributed by atoms with Crippen LogP contribution < -0.4 is 10.6 Å². The third-order valence-electron chi connectivity index (χ3n) is 1.33. The van der Waals surface area contributed by atoms with Crippen LogP contribution in [-0.2, 0) is 21.1 Å². The van der Waals surface area contributed by atoms with Gasteiger partial charge in [-0.15, -0.1) is 0 Å². The SMILES string of the molecule is CC(C)NC(C)C.CC(C)NC(C)C.[Pt]. The fraction of sp³-hybridized carbons (Fsp3) is 1.00. The maximum atomic E-state index is 3.31. The number of hydrogen-bond donors (Lipinski definition) is 2. The molecule has 0 amide bonds. The van der Waals surface area contributed by atoms with Crippen molar-refractivity contribution in [3.05, 3.63) is 0 Å². The van der Waals surface area contributed by atoms with E-state index in [0.717, 1.165) is 0 Å². The molecule has 0 aliphatic carbocycles. The molecule has 98 valence electrons. The third-order valence-corrected chi connectivity index (χ3v) is 1.33. The Morgan fingerprint density at radius 1 is 0.467 bits per heavy atom. The molecule has 0 radical (unpaired) electrons. The first-order valence-electron chi connectivity index (χ1n) is 5.77. The molecule has 0 aliphatic heterocycles. The topological polar surface area (TPSA) is 24.1 Å². The van der Waals surface area contributed by atoms with E-state index in [1.165, 1.54) is 0 Å². The van der Waals surface area contributed by atoms with Crippen LogP contribution in [0, 0.1) is 0 Å². The van der Waals surface area contributed by atoms with Crippen molar-refractivity contribution in [1.82, 2.24) is 10.6 Å². The second-order valence-corrected chi connectivity index (χ2v) is 4.95. The van der Waals surface area contributed by atoms with Crippen molar-refractivity contribution in [1.29, 1.82) is 0 Å². The molecule has 0 unspecified atom stereocenters. The van der Waals surface area contributed by atoms with Gasteiger partial charge in [0, 0.05) is 45.2 Å². The van der Waals surface area contributed by atoms with Gasteiger partial charge in [-0.2, -0.15) is 0 Å². The summed E-state index contributed by atoms with van der Waals surface area (Å²) < 4.78 is 0. The summed E-state index contributed by atoms with van der Waals surface area (Å²) in [6.45, 7) is 17.2. The fourth-order valence-corrected chi connectivity index (χ4v) is 1.33. The zero-order valence-electron chi connectivity index (χ0n) is 11.6. The molecule has 0 aromatic rings. The Balaban J connectivity index is -0.000000180. The van der Waals surface area contributed by atoms with Crippen molar-refractivity contribution in [3.63, 3.8) is 0 Å². The molecule has 0 aliphatic rings. The van der Waals surface area contributed by atoms with Gasteiger partial charge in [-0.05, 0) is 0 Å². The van der Waals surface area contributed by atoms with Crippen LogP contribution in [0.2, 0.25) is 0 Å². The van der Waals surface area contributed by atoms with Crippen LogP contribution in [0.5, 0.6) is 0 Å². The predicted octanol–water partition coefficient (Wildman–Crippen LogP) is 2.78. The first-order valence-corrected chi connectivity index (χ1v) is 5.77. The predicted molar refractivity (Wildman–Crippen MR) is 66.8 cm³/mol. The van der Waals surface area contributed by atoms with E-state index in [-0.39, 0.29) is 21.1 Å². The van der Waals surface area contributed by atoms with Crippen molar-refractivity contribution in [2.24, 2.45) is 0 Å². The van der Waals surface area contributed by atoms with E-state index in [1.54, 1.807) is 0 Å². The normalized spacial score (nSPS) is 10.4. The Kier molecular flexibility index (Phi) is 17.7. The van der Waals surface area contributed by atoms with Gasteiger partial charge in [0.15, 0.2) is 0 Å². The second kappa shape index (κ2) is 12.7. The van der Waals surface area contributed by atoms with Crippen molar-refractivity contribution in [2.75, 3.05) is 0 Å². The van der Waals surface area contributed by atoms with Gasteiger partial charge >= 0.3 is 0 Å². The van der Waals surface area contributed by atoms with Crippen molar-refractivity contribution in [3.8, 4) is 0 Å². The van der Waals surface area contributed by atoms with Gasteiger partial charge in [0.25, 0.3) is 0 Å². The Morgan fingerprint density at radius 3 is 0.600 bits per heavy atom. The molecule has 0 heterocycles. The van der Waals surface area contributed by atoms with Gasteiger partial charge in [0.05, 0.1) is 0 Å². The second-order valence-electron chi connectivity index (χ2n) is 4.95. The molecule has 0 saturated carbocycles. The van der Waals surface area contributed by atoms with E-state index in [0.29, 0.717) is 24.2 Å². The van der Waals surface area contributed by atoms with Crippen LogP contribution in [0.15, 0.2) is 0 Å². The van der Waals surface area contributed by atoms with Crippen LogP contribution >= 0.6 is 0 Å². The Morgan fingerprint density at radius 2 is 0.600 bits per heavy atom. The molecular formula is C12H30N2Pt. The van der Waals surface area contributed by atoms with Crippen LogP contribution in [0.1, 0.15) is 55.4 Å². The molecule has 0 spiro atoms. The largest absolute Gasteiger partial charge is 0.312 e. The molecule has 2 nitrogen and oxygen atoms in total. The maximum absolute atomic E-state index is 3.31. The van der Waals surface area contributed by atoms with E-state index in [4.69, 9.17) is 0 Å². The third kappa shape index (κ3) is 31.3. The molecule has 0 saturated heterocycles.